The van der Waals surface area contributed by atoms with Crippen molar-refractivity contribution >= 4 is 11.6 Å². The Labute approximate surface area is 126 Å². The third-order valence-electron chi connectivity index (χ3n) is 2.66. The van der Waals surface area contributed by atoms with E-state index in [1.807, 2.05) is 0 Å². The number of hydrogen-bond acceptors (Lipinski definition) is 2. The van der Waals surface area contributed by atoms with Gasteiger partial charge < -0.3 is 10.5 Å². The minimum absolute atomic E-state index is 0.0551. The summed E-state index contributed by atoms with van der Waals surface area (Å²) in [6.07, 6.45) is 0. The molecule has 0 aliphatic heterocycles. The average Bonchev–Trinajstić information content (AvgIpc) is 2.47. The van der Waals surface area contributed by atoms with E-state index < -0.39 is 11.6 Å². The van der Waals surface area contributed by atoms with Crippen LogP contribution < -0.4 is 10.5 Å². The van der Waals surface area contributed by atoms with Gasteiger partial charge in [-0.1, -0.05) is 23.4 Å². The summed E-state index contributed by atoms with van der Waals surface area (Å²) in [5.41, 5.74) is 6.18. The van der Waals surface area contributed by atoms with E-state index in [9.17, 15) is 8.78 Å². The lowest BCUT2D eigenvalue weighted by Gasteiger charge is -2.10. The van der Waals surface area contributed by atoms with Gasteiger partial charge in [0.05, 0.1) is 12.1 Å². The predicted octanol–water partition coefficient (Wildman–Crippen LogP) is 3.51. The fourth-order valence-electron chi connectivity index (χ4n) is 1.68. The molecule has 0 atom stereocenters. The summed E-state index contributed by atoms with van der Waals surface area (Å²) < 4.78 is 32.0. The first kappa shape index (κ1) is 15.3. The van der Waals surface area contributed by atoms with Gasteiger partial charge in [0.25, 0.3) is 0 Å². The summed E-state index contributed by atoms with van der Waals surface area (Å²) in [5.74, 6) is 4.93. The van der Waals surface area contributed by atoms with Crippen molar-refractivity contribution in [3.05, 3.63) is 64.2 Å². The van der Waals surface area contributed by atoms with Crippen LogP contribution in [-0.2, 0) is 6.61 Å². The molecule has 0 spiro atoms. The molecular weight excluding hydrogens is 296 g/mol. The molecule has 0 aromatic heterocycles. The maximum Gasteiger partial charge on any atom is 0.135 e. The van der Waals surface area contributed by atoms with Crippen LogP contribution in [0.25, 0.3) is 0 Å². The number of benzene rings is 2. The van der Waals surface area contributed by atoms with Gasteiger partial charge in [0.2, 0.25) is 0 Å². The third-order valence-corrected chi connectivity index (χ3v) is 3.03. The van der Waals surface area contributed by atoms with Gasteiger partial charge in [-0.05, 0) is 36.4 Å². The van der Waals surface area contributed by atoms with Gasteiger partial charge in [-0.25, -0.2) is 8.78 Å². The molecule has 2 nitrogen and oxygen atoms in total. The molecule has 0 saturated heterocycles. The lowest BCUT2D eigenvalue weighted by Crippen LogP contribution is -2.00. The topological polar surface area (TPSA) is 35.2 Å². The maximum absolute atomic E-state index is 13.2. The highest BCUT2D eigenvalue weighted by molar-refractivity contribution is 6.31. The molecule has 5 heteroatoms. The molecule has 0 amide bonds. The van der Waals surface area contributed by atoms with Crippen molar-refractivity contribution in [2.75, 3.05) is 6.54 Å². The maximum atomic E-state index is 13.2. The lowest BCUT2D eigenvalue weighted by molar-refractivity contribution is 0.304. The average molecular weight is 308 g/mol. The van der Waals surface area contributed by atoms with Crippen LogP contribution in [0.5, 0.6) is 5.75 Å². The molecule has 2 N–H and O–H groups in total. The first-order valence-electron chi connectivity index (χ1n) is 6.15. The van der Waals surface area contributed by atoms with E-state index in [4.69, 9.17) is 22.1 Å². The van der Waals surface area contributed by atoms with Crippen LogP contribution in [0.1, 0.15) is 11.1 Å². The fraction of sp³-hybridized carbons (Fsp3) is 0.125. The molecule has 0 radical (unpaired) electrons. The highest BCUT2D eigenvalue weighted by Crippen LogP contribution is 2.23. The van der Waals surface area contributed by atoms with Crippen LogP contribution in [0, 0.1) is 23.5 Å². The molecule has 0 unspecified atom stereocenters. The number of halogens is 3. The van der Waals surface area contributed by atoms with Crippen molar-refractivity contribution in [1.82, 2.24) is 0 Å². The molecule has 0 bridgehead atoms. The van der Waals surface area contributed by atoms with Crippen LogP contribution in [-0.4, -0.2) is 6.54 Å². The van der Waals surface area contributed by atoms with E-state index in [-0.39, 0.29) is 13.2 Å². The monoisotopic (exact) mass is 307 g/mol. The summed E-state index contributed by atoms with van der Waals surface area (Å²) in [5, 5.41) is 0.396. The molecule has 0 aliphatic carbocycles. The van der Waals surface area contributed by atoms with E-state index in [1.165, 1.54) is 36.4 Å². The predicted molar refractivity (Wildman–Crippen MR) is 78.1 cm³/mol. The van der Waals surface area contributed by atoms with Gasteiger partial charge in [-0.2, -0.15) is 0 Å². The Bertz CT molecular complexity index is 707. The Kier molecular flexibility index (Phi) is 5.15. The summed E-state index contributed by atoms with van der Waals surface area (Å²) in [4.78, 5) is 0. The van der Waals surface area contributed by atoms with E-state index in [0.29, 0.717) is 21.9 Å². The normalized spacial score (nSPS) is 9.90. The Balaban J connectivity index is 2.21. The minimum Gasteiger partial charge on any atom is -0.488 e. The van der Waals surface area contributed by atoms with E-state index >= 15 is 0 Å². The van der Waals surface area contributed by atoms with Gasteiger partial charge in [-0.3, -0.25) is 0 Å². The SMILES string of the molecule is NCC#Cc1cc(F)ccc1OCc1cc(F)ccc1Cl. The molecule has 2 rings (SSSR count). The highest BCUT2D eigenvalue weighted by Gasteiger charge is 2.07. The first-order valence-corrected chi connectivity index (χ1v) is 6.53. The van der Waals surface area contributed by atoms with Gasteiger partial charge in [0.15, 0.2) is 0 Å². The minimum atomic E-state index is -0.424. The molecule has 0 fully saturated rings. The highest BCUT2D eigenvalue weighted by atomic mass is 35.5. The van der Waals surface area contributed by atoms with Gasteiger partial charge in [0, 0.05) is 10.6 Å². The molecule has 2 aromatic rings. The van der Waals surface area contributed by atoms with Crippen molar-refractivity contribution in [3.8, 4) is 17.6 Å². The standard InChI is InChI=1S/C16H12ClF2NO/c17-15-5-3-13(18)9-12(15)10-21-16-6-4-14(19)8-11(16)2-1-7-20/h3-6,8-9H,7,10,20H2. The fourth-order valence-corrected chi connectivity index (χ4v) is 1.85. The molecule has 0 heterocycles. The van der Waals surface area contributed by atoms with Crippen LogP contribution in [0.4, 0.5) is 8.78 Å². The summed E-state index contributed by atoms with van der Waals surface area (Å²) in [6, 6.07) is 7.98. The quantitative estimate of drug-likeness (QED) is 0.881. The molecule has 0 aliphatic rings. The van der Waals surface area contributed by atoms with Crippen LogP contribution in [0.2, 0.25) is 5.02 Å². The van der Waals surface area contributed by atoms with Crippen molar-refractivity contribution in [1.29, 1.82) is 0 Å². The van der Waals surface area contributed by atoms with E-state index in [2.05, 4.69) is 11.8 Å². The molecule has 21 heavy (non-hydrogen) atoms. The van der Waals surface area contributed by atoms with Crippen molar-refractivity contribution in [2.24, 2.45) is 5.73 Å². The van der Waals surface area contributed by atoms with Crippen molar-refractivity contribution in [3.63, 3.8) is 0 Å². The Morgan fingerprint density at radius 2 is 1.81 bits per heavy atom. The van der Waals surface area contributed by atoms with Crippen molar-refractivity contribution in [2.45, 2.75) is 6.61 Å². The van der Waals surface area contributed by atoms with Crippen LogP contribution in [0.3, 0.4) is 0 Å². The molecule has 0 saturated carbocycles. The smallest absolute Gasteiger partial charge is 0.135 e. The van der Waals surface area contributed by atoms with Crippen molar-refractivity contribution < 1.29 is 13.5 Å². The van der Waals surface area contributed by atoms with Gasteiger partial charge >= 0.3 is 0 Å². The summed E-state index contributed by atoms with van der Waals surface area (Å²) in [6.45, 7) is 0.214. The zero-order chi connectivity index (χ0) is 15.2. The first-order chi connectivity index (χ1) is 10.1. The Morgan fingerprint density at radius 3 is 2.57 bits per heavy atom. The molecule has 2 aromatic carbocycles. The van der Waals surface area contributed by atoms with Crippen LogP contribution in [0.15, 0.2) is 36.4 Å². The number of nitrogens with two attached hydrogens (primary N) is 1. The molecule has 108 valence electrons. The molecular formula is C16H12ClF2NO. The third kappa shape index (κ3) is 4.19. The van der Waals surface area contributed by atoms with E-state index in [1.54, 1.807) is 0 Å². The number of ether oxygens (including phenoxy) is 1. The Hall–Kier alpha value is -2.09. The second kappa shape index (κ2) is 7.07. The Morgan fingerprint density at radius 1 is 1.10 bits per heavy atom. The van der Waals surface area contributed by atoms with Gasteiger partial charge in [-0.15, -0.1) is 0 Å². The van der Waals surface area contributed by atoms with Gasteiger partial charge in [0.1, 0.15) is 24.0 Å². The second-order valence-electron chi connectivity index (χ2n) is 4.17. The summed E-state index contributed by atoms with van der Waals surface area (Å²) in [7, 11) is 0. The summed E-state index contributed by atoms with van der Waals surface area (Å²) >= 11 is 5.96. The van der Waals surface area contributed by atoms with E-state index in [0.717, 1.165) is 0 Å². The second-order valence-corrected chi connectivity index (χ2v) is 4.58. The zero-order valence-electron chi connectivity index (χ0n) is 11.0. The zero-order valence-corrected chi connectivity index (χ0v) is 11.8. The largest absolute Gasteiger partial charge is 0.488 e. The lowest BCUT2D eigenvalue weighted by atomic mass is 10.2. The van der Waals surface area contributed by atoms with Crippen LogP contribution >= 0.6 is 11.6 Å². The number of hydrogen-bond donors (Lipinski definition) is 1. The number of rotatable bonds is 3.